The van der Waals surface area contributed by atoms with E-state index in [1.54, 1.807) is 17.7 Å². The third-order valence-electron chi connectivity index (χ3n) is 9.75. The Hall–Kier alpha value is -3.47. The van der Waals surface area contributed by atoms with Crippen molar-refractivity contribution in [3.8, 4) is 5.75 Å². The molecule has 4 aliphatic carbocycles. The summed E-state index contributed by atoms with van der Waals surface area (Å²) in [6, 6.07) is 24.5. The molecule has 38 heavy (non-hydrogen) atoms. The minimum absolute atomic E-state index is 0.199. The standard InChI is InChI=1S/C33H36N2O3/c1-34(31-5-3-2-4-30(31)32(36)37)26-8-10-27(11-9-26)35-20-29(21-35)38-28-12-6-25(7-13-28)33-17-22-14-23(18-33)16-24(15-22)19-33/h2-13,22-24,29H,14-21H2,1H3,(H,36,37). The van der Waals surface area contributed by atoms with Crippen LogP contribution in [0.1, 0.15) is 54.4 Å². The zero-order chi connectivity index (χ0) is 25.9. The zero-order valence-corrected chi connectivity index (χ0v) is 22.1. The Kier molecular flexibility index (Phi) is 5.64. The first-order valence-electron chi connectivity index (χ1n) is 14.1. The fraction of sp³-hybridized carbons (Fsp3) is 0.424. The third-order valence-corrected chi connectivity index (χ3v) is 9.75. The Balaban J connectivity index is 0.957. The highest BCUT2D eigenvalue weighted by Crippen LogP contribution is 2.60. The predicted octanol–water partition coefficient (Wildman–Crippen LogP) is 6.89. The van der Waals surface area contributed by atoms with E-state index < -0.39 is 5.97 Å². The van der Waals surface area contributed by atoms with Gasteiger partial charge in [0.15, 0.2) is 0 Å². The second-order valence-electron chi connectivity index (χ2n) is 12.3. The van der Waals surface area contributed by atoms with Gasteiger partial charge in [0, 0.05) is 18.4 Å². The van der Waals surface area contributed by atoms with Crippen LogP contribution in [-0.4, -0.2) is 37.3 Å². The maximum Gasteiger partial charge on any atom is 0.337 e. The first kappa shape index (κ1) is 23.6. The van der Waals surface area contributed by atoms with Crippen LogP contribution in [0, 0.1) is 17.8 Å². The second-order valence-corrected chi connectivity index (χ2v) is 12.3. The largest absolute Gasteiger partial charge is 0.487 e. The van der Waals surface area contributed by atoms with E-state index in [-0.39, 0.29) is 6.10 Å². The van der Waals surface area contributed by atoms with Gasteiger partial charge in [0.05, 0.1) is 24.3 Å². The molecule has 0 atom stereocenters. The molecule has 5 aliphatic rings. The van der Waals surface area contributed by atoms with E-state index in [4.69, 9.17) is 4.74 Å². The number of hydrogen-bond donors (Lipinski definition) is 1. The lowest BCUT2D eigenvalue weighted by atomic mass is 9.48. The number of benzene rings is 3. The number of carbonyl (C=O) groups is 1. The van der Waals surface area contributed by atoms with Crippen LogP contribution in [0.25, 0.3) is 0 Å². The van der Waals surface area contributed by atoms with Crippen LogP contribution in [0.4, 0.5) is 17.1 Å². The van der Waals surface area contributed by atoms with E-state index in [0.717, 1.165) is 48.0 Å². The Labute approximate surface area is 225 Å². The van der Waals surface area contributed by atoms with Gasteiger partial charge in [-0.05, 0) is 116 Å². The van der Waals surface area contributed by atoms with Gasteiger partial charge in [-0.2, -0.15) is 0 Å². The molecule has 1 heterocycles. The summed E-state index contributed by atoms with van der Waals surface area (Å²) in [5, 5.41) is 9.52. The van der Waals surface area contributed by atoms with Crippen molar-refractivity contribution in [1.29, 1.82) is 0 Å². The quantitative estimate of drug-likeness (QED) is 0.377. The molecule has 5 heteroatoms. The van der Waals surface area contributed by atoms with Crippen LogP contribution < -0.4 is 14.5 Å². The molecule has 1 N–H and O–H groups in total. The predicted molar refractivity (Wildman–Crippen MR) is 151 cm³/mol. The number of ether oxygens (including phenoxy) is 1. The second kappa shape index (κ2) is 9.07. The van der Waals surface area contributed by atoms with E-state index in [1.165, 1.54) is 38.5 Å². The minimum atomic E-state index is -0.918. The summed E-state index contributed by atoms with van der Waals surface area (Å²) in [5.41, 5.74) is 5.08. The molecule has 0 spiro atoms. The van der Waals surface area contributed by atoms with Gasteiger partial charge in [0.1, 0.15) is 11.9 Å². The normalized spacial score (nSPS) is 27.7. The first-order valence-corrected chi connectivity index (χ1v) is 14.1. The monoisotopic (exact) mass is 508 g/mol. The van der Waals surface area contributed by atoms with Gasteiger partial charge >= 0.3 is 5.97 Å². The summed E-state index contributed by atoms with van der Waals surface area (Å²) in [5.74, 6) is 2.96. The molecular weight excluding hydrogens is 472 g/mol. The van der Waals surface area contributed by atoms with E-state index in [1.807, 2.05) is 36.2 Å². The topological polar surface area (TPSA) is 53.0 Å². The molecule has 4 saturated carbocycles. The molecule has 3 aromatic carbocycles. The summed E-state index contributed by atoms with van der Waals surface area (Å²) in [4.78, 5) is 15.9. The van der Waals surface area contributed by atoms with Gasteiger partial charge < -0.3 is 19.6 Å². The van der Waals surface area contributed by atoms with Crippen molar-refractivity contribution >= 4 is 23.0 Å². The number of aromatic carboxylic acids is 1. The third kappa shape index (κ3) is 4.13. The van der Waals surface area contributed by atoms with Crippen molar-refractivity contribution in [1.82, 2.24) is 0 Å². The maximum atomic E-state index is 11.6. The lowest BCUT2D eigenvalue weighted by Gasteiger charge is -2.57. The van der Waals surface area contributed by atoms with E-state index in [2.05, 4.69) is 41.3 Å². The first-order chi connectivity index (χ1) is 18.5. The molecule has 196 valence electrons. The van der Waals surface area contributed by atoms with Crippen molar-refractivity contribution in [2.24, 2.45) is 17.8 Å². The van der Waals surface area contributed by atoms with Crippen molar-refractivity contribution in [3.05, 3.63) is 83.9 Å². The number of carboxylic acid groups (broad SMARTS) is 1. The number of hydrogen-bond acceptors (Lipinski definition) is 4. The summed E-state index contributed by atoms with van der Waals surface area (Å²) in [6.07, 6.45) is 8.85. The van der Waals surface area contributed by atoms with Crippen molar-refractivity contribution < 1.29 is 14.6 Å². The maximum absolute atomic E-state index is 11.6. The fourth-order valence-corrected chi connectivity index (χ4v) is 8.24. The number of nitrogens with zero attached hydrogens (tertiary/aromatic N) is 2. The molecule has 5 nitrogen and oxygen atoms in total. The van der Waals surface area contributed by atoms with Crippen LogP contribution in [0.5, 0.6) is 5.75 Å². The van der Waals surface area contributed by atoms with Crippen LogP contribution in [0.3, 0.4) is 0 Å². The Morgan fingerprint density at radius 1 is 0.868 bits per heavy atom. The van der Waals surface area contributed by atoms with Gasteiger partial charge in [-0.25, -0.2) is 4.79 Å². The molecule has 1 aliphatic heterocycles. The van der Waals surface area contributed by atoms with Crippen LogP contribution in [0.2, 0.25) is 0 Å². The summed E-state index contributed by atoms with van der Waals surface area (Å²) >= 11 is 0. The van der Waals surface area contributed by atoms with Crippen LogP contribution in [0.15, 0.2) is 72.8 Å². The molecule has 1 saturated heterocycles. The highest BCUT2D eigenvalue weighted by Gasteiger charge is 2.51. The van der Waals surface area contributed by atoms with Crippen molar-refractivity contribution in [3.63, 3.8) is 0 Å². The smallest absolute Gasteiger partial charge is 0.337 e. The van der Waals surface area contributed by atoms with E-state index >= 15 is 0 Å². The number of anilines is 3. The number of rotatable bonds is 7. The highest BCUT2D eigenvalue weighted by molar-refractivity contribution is 5.95. The Morgan fingerprint density at radius 2 is 1.47 bits per heavy atom. The summed E-state index contributed by atoms with van der Waals surface area (Å²) in [7, 11) is 1.90. The van der Waals surface area contributed by atoms with Gasteiger partial charge in [0.2, 0.25) is 0 Å². The number of carboxylic acids is 1. The van der Waals surface area contributed by atoms with Gasteiger partial charge in [0.25, 0.3) is 0 Å². The van der Waals surface area contributed by atoms with Gasteiger partial charge in [-0.1, -0.05) is 24.3 Å². The minimum Gasteiger partial charge on any atom is -0.487 e. The molecule has 0 aromatic heterocycles. The molecular formula is C33H36N2O3. The van der Waals surface area contributed by atoms with Crippen LogP contribution >= 0.6 is 0 Å². The average Bonchev–Trinajstić information content (AvgIpc) is 2.90. The summed E-state index contributed by atoms with van der Waals surface area (Å²) in [6.45, 7) is 1.74. The molecule has 0 amide bonds. The highest BCUT2D eigenvalue weighted by atomic mass is 16.5. The van der Waals surface area contributed by atoms with Crippen LogP contribution in [-0.2, 0) is 5.41 Å². The average molecular weight is 509 g/mol. The molecule has 0 unspecified atom stereocenters. The fourth-order valence-electron chi connectivity index (χ4n) is 8.24. The SMILES string of the molecule is CN(c1ccc(N2CC(Oc3ccc(C45CC6CC(CC(C6)C4)C5)cc3)C2)cc1)c1ccccc1C(=O)O. The summed E-state index contributed by atoms with van der Waals surface area (Å²) < 4.78 is 6.33. The lowest BCUT2D eigenvalue weighted by Crippen LogP contribution is -2.54. The zero-order valence-electron chi connectivity index (χ0n) is 22.1. The lowest BCUT2D eigenvalue weighted by molar-refractivity contribution is -0.00521. The molecule has 3 aromatic rings. The van der Waals surface area contributed by atoms with Crippen molar-refractivity contribution in [2.75, 3.05) is 29.9 Å². The van der Waals surface area contributed by atoms with Gasteiger partial charge in [-0.15, -0.1) is 0 Å². The molecule has 5 fully saturated rings. The Morgan fingerprint density at radius 3 is 2.08 bits per heavy atom. The van der Waals surface area contributed by atoms with Gasteiger partial charge in [-0.3, -0.25) is 0 Å². The van der Waals surface area contributed by atoms with Crippen molar-refractivity contribution in [2.45, 2.75) is 50.0 Å². The van der Waals surface area contributed by atoms with E-state index in [9.17, 15) is 9.90 Å². The van der Waals surface area contributed by atoms with E-state index in [0.29, 0.717) is 16.7 Å². The molecule has 8 rings (SSSR count). The number of para-hydroxylation sites is 1. The molecule has 0 radical (unpaired) electrons. The molecule has 4 bridgehead atoms. The Bertz CT molecular complexity index is 1290.